The van der Waals surface area contributed by atoms with Crippen LogP contribution >= 0.6 is 34.7 Å². The molecule has 0 radical (unpaired) electrons. The highest BCUT2D eigenvalue weighted by Gasteiger charge is 2.15. The van der Waals surface area contributed by atoms with E-state index in [2.05, 4.69) is 27.4 Å². The van der Waals surface area contributed by atoms with Gasteiger partial charge in [-0.05, 0) is 12.1 Å². The number of nitrogens with one attached hydrogen (secondary N) is 2. The number of para-hydroxylation sites is 1. The van der Waals surface area contributed by atoms with Crippen LogP contribution in [0.15, 0.2) is 41.3 Å². The molecule has 2 rings (SSSR count). The molecule has 2 N–H and O–H groups in total. The van der Waals surface area contributed by atoms with Gasteiger partial charge in [-0.2, -0.15) is 0 Å². The topological polar surface area (TPSA) is 87.2 Å². The minimum atomic E-state index is -0.314. The molecule has 2 aromatic rings. The first kappa shape index (κ1) is 20.2. The lowest BCUT2D eigenvalue weighted by Crippen LogP contribution is -2.36. The molecule has 0 saturated heterocycles. The van der Waals surface area contributed by atoms with E-state index >= 15 is 0 Å². The van der Waals surface area contributed by atoms with Crippen LogP contribution in [0.3, 0.4) is 0 Å². The van der Waals surface area contributed by atoms with Gasteiger partial charge in [0.2, 0.25) is 16.9 Å². The Morgan fingerprint density at radius 1 is 1.38 bits per heavy atom. The zero-order valence-corrected chi connectivity index (χ0v) is 16.5. The molecule has 0 spiro atoms. The van der Waals surface area contributed by atoms with Crippen LogP contribution in [0.1, 0.15) is 0 Å². The second kappa shape index (κ2) is 10.1. The molecule has 0 fully saturated rings. The van der Waals surface area contributed by atoms with Crippen LogP contribution in [0, 0.1) is 0 Å². The standard InChI is InChI=1S/C16H18ClN5O2S2/c1-3-8-18-15-20-21-16(26-15)25-10-14(24)22(2)9-13(23)19-12-7-5-4-6-11(12)17/h3-7H,1,8-10H2,2H3,(H,18,20)(H,19,23). The van der Waals surface area contributed by atoms with E-state index in [0.29, 0.717) is 26.7 Å². The Labute approximate surface area is 164 Å². The predicted molar refractivity (Wildman–Crippen MR) is 107 cm³/mol. The van der Waals surface area contributed by atoms with E-state index in [0.717, 1.165) is 0 Å². The van der Waals surface area contributed by atoms with Gasteiger partial charge in [-0.25, -0.2) is 0 Å². The van der Waals surface area contributed by atoms with Crippen molar-refractivity contribution in [2.45, 2.75) is 4.34 Å². The average Bonchev–Trinajstić information content (AvgIpc) is 3.07. The summed E-state index contributed by atoms with van der Waals surface area (Å²) in [6.45, 7) is 4.15. The Morgan fingerprint density at radius 2 is 2.15 bits per heavy atom. The van der Waals surface area contributed by atoms with Gasteiger partial charge in [-0.15, -0.1) is 16.8 Å². The van der Waals surface area contributed by atoms with Gasteiger partial charge in [0.1, 0.15) is 0 Å². The number of nitrogens with zero attached hydrogens (tertiary/aromatic N) is 3. The lowest BCUT2D eigenvalue weighted by molar-refractivity contribution is -0.131. The molecule has 0 aliphatic carbocycles. The molecule has 1 aromatic heterocycles. The second-order valence-corrected chi connectivity index (χ2v) is 7.72. The average molecular weight is 412 g/mol. The number of rotatable bonds is 9. The zero-order valence-electron chi connectivity index (χ0n) is 14.1. The van der Waals surface area contributed by atoms with Crippen LogP contribution < -0.4 is 10.6 Å². The van der Waals surface area contributed by atoms with Gasteiger partial charge in [-0.3, -0.25) is 9.59 Å². The first-order valence-corrected chi connectivity index (χ1v) is 9.77. The van der Waals surface area contributed by atoms with Crippen LogP contribution in [-0.2, 0) is 9.59 Å². The number of hydrogen-bond donors (Lipinski definition) is 2. The molecule has 0 bridgehead atoms. The summed E-state index contributed by atoms with van der Waals surface area (Å²) in [7, 11) is 1.58. The molecule has 0 unspecified atom stereocenters. The van der Waals surface area contributed by atoms with E-state index < -0.39 is 0 Å². The van der Waals surface area contributed by atoms with Gasteiger partial charge >= 0.3 is 0 Å². The fraction of sp³-hybridized carbons (Fsp3) is 0.250. The molecule has 138 valence electrons. The number of carbonyl (C=O) groups is 2. The Hall–Kier alpha value is -2.10. The highest BCUT2D eigenvalue weighted by molar-refractivity contribution is 8.01. The number of benzene rings is 1. The minimum Gasteiger partial charge on any atom is -0.357 e. The molecular formula is C16H18ClN5O2S2. The van der Waals surface area contributed by atoms with E-state index in [9.17, 15) is 9.59 Å². The summed E-state index contributed by atoms with van der Waals surface area (Å²) >= 11 is 8.64. The van der Waals surface area contributed by atoms with Crippen LogP contribution in [0.2, 0.25) is 5.02 Å². The van der Waals surface area contributed by atoms with Crippen molar-refractivity contribution in [3.05, 3.63) is 41.9 Å². The van der Waals surface area contributed by atoms with Gasteiger partial charge in [0.05, 0.1) is 23.0 Å². The summed E-state index contributed by atoms with van der Waals surface area (Å²) in [5.41, 5.74) is 0.516. The molecule has 7 nitrogen and oxygen atoms in total. The first-order chi connectivity index (χ1) is 12.5. The van der Waals surface area contributed by atoms with Crippen molar-refractivity contribution in [3.63, 3.8) is 0 Å². The van der Waals surface area contributed by atoms with Gasteiger partial charge in [0, 0.05) is 13.6 Å². The van der Waals surface area contributed by atoms with Crippen molar-refractivity contribution in [1.29, 1.82) is 0 Å². The maximum absolute atomic E-state index is 12.2. The van der Waals surface area contributed by atoms with Crippen LogP contribution in [0.5, 0.6) is 0 Å². The maximum Gasteiger partial charge on any atom is 0.244 e. The number of hydrogen-bond acceptors (Lipinski definition) is 7. The Kier molecular flexibility index (Phi) is 7.89. The van der Waals surface area contributed by atoms with Crippen molar-refractivity contribution in [2.24, 2.45) is 0 Å². The smallest absolute Gasteiger partial charge is 0.244 e. The van der Waals surface area contributed by atoms with Gasteiger partial charge in [0.25, 0.3) is 0 Å². The summed E-state index contributed by atoms with van der Waals surface area (Å²) in [4.78, 5) is 25.6. The number of amides is 2. The third kappa shape index (κ3) is 6.32. The normalized spacial score (nSPS) is 10.2. The molecule has 0 atom stereocenters. The van der Waals surface area contributed by atoms with Crippen molar-refractivity contribution >= 4 is 57.3 Å². The molecule has 0 aliphatic heterocycles. The lowest BCUT2D eigenvalue weighted by atomic mass is 10.3. The quantitative estimate of drug-likeness (QED) is 0.487. The number of carbonyl (C=O) groups excluding carboxylic acids is 2. The van der Waals surface area contributed by atoms with E-state index in [1.807, 2.05) is 0 Å². The molecule has 26 heavy (non-hydrogen) atoms. The largest absolute Gasteiger partial charge is 0.357 e. The van der Waals surface area contributed by atoms with Crippen LogP contribution in [-0.4, -0.2) is 52.8 Å². The van der Waals surface area contributed by atoms with Gasteiger partial charge in [0.15, 0.2) is 4.34 Å². The Bertz CT molecular complexity index is 784. The Morgan fingerprint density at radius 3 is 2.88 bits per heavy atom. The number of likely N-dealkylation sites (N-methyl/N-ethyl adjacent to an activating group) is 1. The lowest BCUT2D eigenvalue weighted by Gasteiger charge is -2.16. The van der Waals surface area contributed by atoms with Gasteiger partial charge in [-0.1, -0.05) is 52.9 Å². The highest BCUT2D eigenvalue weighted by Crippen LogP contribution is 2.25. The fourth-order valence-electron chi connectivity index (χ4n) is 1.79. The fourth-order valence-corrected chi connectivity index (χ4v) is 3.67. The molecule has 10 heteroatoms. The summed E-state index contributed by atoms with van der Waals surface area (Å²) in [5, 5.41) is 14.8. The van der Waals surface area contributed by atoms with E-state index in [1.165, 1.54) is 28.0 Å². The molecule has 1 aromatic carbocycles. The van der Waals surface area contributed by atoms with Crippen molar-refractivity contribution in [1.82, 2.24) is 15.1 Å². The maximum atomic E-state index is 12.2. The summed E-state index contributed by atoms with van der Waals surface area (Å²) in [6.07, 6.45) is 1.72. The second-order valence-electron chi connectivity index (χ2n) is 5.11. The van der Waals surface area contributed by atoms with E-state index in [4.69, 9.17) is 11.6 Å². The molecular weight excluding hydrogens is 394 g/mol. The summed E-state index contributed by atoms with van der Waals surface area (Å²) in [5.74, 6) is -0.322. The van der Waals surface area contributed by atoms with Crippen LogP contribution in [0.4, 0.5) is 10.8 Å². The molecule has 1 heterocycles. The number of aromatic nitrogens is 2. The third-order valence-corrected chi connectivity index (χ3v) is 5.41. The van der Waals surface area contributed by atoms with Crippen molar-refractivity contribution in [3.8, 4) is 0 Å². The first-order valence-electron chi connectivity index (χ1n) is 7.59. The van der Waals surface area contributed by atoms with E-state index in [-0.39, 0.29) is 24.1 Å². The Balaban J connectivity index is 1.78. The van der Waals surface area contributed by atoms with Crippen LogP contribution in [0.25, 0.3) is 0 Å². The third-order valence-electron chi connectivity index (χ3n) is 3.08. The van der Waals surface area contributed by atoms with Crippen molar-refractivity contribution in [2.75, 3.05) is 36.5 Å². The monoisotopic (exact) mass is 411 g/mol. The minimum absolute atomic E-state index is 0.0626. The number of anilines is 2. The predicted octanol–water partition coefficient (Wildman–Crippen LogP) is 2.98. The molecule has 0 aliphatic rings. The summed E-state index contributed by atoms with van der Waals surface area (Å²) < 4.78 is 0.679. The van der Waals surface area contributed by atoms with Crippen molar-refractivity contribution < 1.29 is 9.59 Å². The van der Waals surface area contributed by atoms with Gasteiger partial charge < -0.3 is 15.5 Å². The van der Waals surface area contributed by atoms with E-state index in [1.54, 1.807) is 37.4 Å². The number of halogens is 1. The molecule has 2 amide bonds. The highest BCUT2D eigenvalue weighted by atomic mass is 35.5. The zero-order chi connectivity index (χ0) is 18.9. The molecule has 0 saturated carbocycles. The summed E-state index contributed by atoms with van der Waals surface area (Å²) in [6, 6.07) is 6.93. The SMILES string of the molecule is C=CCNc1nnc(SCC(=O)N(C)CC(=O)Nc2ccccc2Cl)s1. The number of thioether (sulfide) groups is 1.